The molecule has 0 aromatic carbocycles. The molecule has 0 atom stereocenters. The summed E-state index contributed by atoms with van der Waals surface area (Å²) in [6.45, 7) is 6.66. The molecule has 0 aliphatic heterocycles. The van der Waals surface area contributed by atoms with Crippen LogP contribution in [0.5, 0.6) is 0 Å². The van der Waals surface area contributed by atoms with Gasteiger partial charge in [0, 0.05) is 0 Å². The third kappa shape index (κ3) is 2.69. The Labute approximate surface area is 96.4 Å². The zero-order chi connectivity index (χ0) is 12.2. The fourth-order valence-corrected chi connectivity index (χ4v) is 7.64. The zero-order valence-electron chi connectivity index (χ0n) is 11.7. The van der Waals surface area contributed by atoms with Gasteiger partial charge >= 0.3 is 95.8 Å². The molecule has 0 aromatic heterocycles. The number of hydrogen-bond acceptors (Lipinski definition) is 4. The molecular weight excluding hydrogens is 207 g/mol. The van der Waals surface area contributed by atoms with Crippen LogP contribution < -0.4 is 0 Å². The molecule has 0 aromatic rings. The molecule has 94 valence electrons. The molecule has 0 aliphatic rings. The monoisotopic (exact) mass is 236 g/mol. The van der Waals surface area contributed by atoms with E-state index in [1.165, 1.54) is 0 Å². The van der Waals surface area contributed by atoms with Crippen molar-refractivity contribution in [2.24, 2.45) is 0 Å². The summed E-state index contributed by atoms with van der Waals surface area (Å²) in [4.78, 5) is 0. The Hall–Kier alpha value is 0.270. The molecule has 0 unspecified atom stereocenters. The predicted octanol–water partition coefficient (Wildman–Crippen LogP) is 1.42. The third-order valence-corrected chi connectivity index (χ3v) is 8.07. The summed E-state index contributed by atoms with van der Waals surface area (Å²) in [7, 11) is 11.3. The van der Waals surface area contributed by atoms with E-state index >= 15 is 0 Å². The second kappa shape index (κ2) is 6.12. The van der Waals surface area contributed by atoms with Crippen LogP contribution in [-0.2, 0) is 0 Å². The van der Waals surface area contributed by atoms with Crippen LogP contribution in [0.2, 0.25) is 0 Å². The van der Waals surface area contributed by atoms with Crippen molar-refractivity contribution in [3.05, 3.63) is 0 Å². The first-order chi connectivity index (χ1) is 6.85. The topological polar surface area (TPSA) is 13.0 Å². The molecule has 0 rings (SSSR count). The summed E-state index contributed by atoms with van der Waals surface area (Å²) in [6.07, 6.45) is 0. The van der Waals surface area contributed by atoms with Crippen LogP contribution in [0.1, 0.15) is 13.8 Å². The van der Waals surface area contributed by atoms with E-state index in [0.717, 1.165) is 13.1 Å². The van der Waals surface area contributed by atoms with Crippen molar-refractivity contribution in [1.82, 2.24) is 18.7 Å². The summed E-state index contributed by atoms with van der Waals surface area (Å²) in [6, 6.07) is 0. The van der Waals surface area contributed by atoms with E-state index in [2.05, 4.69) is 74.8 Å². The van der Waals surface area contributed by atoms with Crippen LogP contribution >= 0.6 is 7.87 Å². The van der Waals surface area contributed by atoms with Crippen molar-refractivity contribution < 1.29 is 0 Å². The molecule has 5 heteroatoms. The molecule has 0 heterocycles. The summed E-state index contributed by atoms with van der Waals surface area (Å²) in [5.41, 5.74) is 0. The summed E-state index contributed by atoms with van der Waals surface area (Å²) >= 11 is 0. The molecule has 4 nitrogen and oxygen atoms in total. The molecule has 0 saturated heterocycles. The first-order valence-electron chi connectivity index (χ1n) is 5.62. The summed E-state index contributed by atoms with van der Waals surface area (Å²) in [5, 5.41) is 0. The Morgan fingerprint density at radius 2 is 0.933 bits per heavy atom. The fraction of sp³-hybridized carbons (Fsp3) is 1.00. The van der Waals surface area contributed by atoms with Gasteiger partial charge in [0.05, 0.1) is 0 Å². The van der Waals surface area contributed by atoms with Crippen molar-refractivity contribution >= 4 is 7.87 Å². The van der Waals surface area contributed by atoms with Gasteiger partial charge in [0.15, 0.2) is 0 Å². The van der Waals surface area contributed by atoms with E-state index in [1.54, 1.807) is 0 Å². The van der Waals surface area contributed by atoms with Gasteiger partial charge < -0.3 is 0 Å². The van der Waals surface area contributed by atoms with Gasteiger partial charge in [0.2, 0.25) is 0 Å². The molecule has 0 spiro atoms. The Morgan fingerprint density at radius 3 is 1.00 bits per heavy atom. The van der Waals surface area contributed by atoms with Crippen LogP contribution in [0.15, 0.2) is 0 Å². The zero-order valence-corrected chi connectivity index (χ0v) is 12.7. The number of rotatable bonds is 6. The van der Waals surface area contributed by atoms with Crippen molar-refractivity contribution in [3.8, 4) is 0 Å². The van der Waals surface area contributed by atoms with Gasteiger partial charge in [-0.3, -0.25) is 0 Å². The molecule has 0 N–H and O–H groups in total. The average Bonchev–Trinajstić information content (AvgIpc) is 2.11. The molecule has 15 heavy (non-hydrogen) atoms. The normalized spacial score (nSPS) is 14.7. The first kappa shape index (κ1) is 15.3. The Bertz CT molecular complexity index is 156. The van der Waals surface area contributed by atoms with Crippen LogP contribution in [-0.4, -0.2) is 74.1 Å². The van der Waals surface area contributed by atoms with Crippen LogP contribution in [0, 0.1) is 0 Å². The minimum atomic E-state index is -1.82. The average molecular weight is 236 g/mol. The van der Waals surface area contributed by atoms with E-state index in [1.807, 2.05) is 0 Å². The maximum atomic E-state index is 2.58. The predicted molar refractivity (Wildman–Crippen MR) is 72.3 cm³/mol. The summed E-state index contributed by atoms with van der Waals surface area (Å²) < 4.78 is 9.74. The summed E-state index contributed by atoms with van der Waals surface area (Å²) in [5.74, 6) is 0. The molecule has 0 fully saturated rings. The van der Waals surface area contributed by atoms with Crippen molar-refractivity contribution in [3.63, 3.8) is 0 Å². The molecule has 0 saturated carbocycles. The van der Waals surface area contributed by atoms with Crippen molar-refractivity contribution in [2.75, 3.05) is 55.4 Å². The van der Waals surface area contributed by atoms with E-state index < -0.39 is 7.87 Å². The molecular formula is C10H29N4P. The first-order valence-corrected chi connectivity index (χ1v) is 7.41. The number of nitrogens with zero attached hydrogens (tertiary/aromatic N) is 4. The van der Waals surface area contributed by atoms with Gasteiger partial charge in [-0.1, -0.05) is 0 Å². The van der Waals surface area contributed by atoms with E-state index in [4.69, 9.17) is 0 Å². The second-order valence-corrected chi connectivity index (χ2v) is 8.97. The van der Waals surface area contributed by atoms with Gasteiger partial charge in [-0.2, -0.15) is 0 Å². The van der Waals surface area contributed by atoms with E-state index in [0.29, 0.717) is 0 Å². The van der Waals surface area contributed by atoms with Gasteiger partial charge in [0.25, 0.3) is 0 Å². The molecule has 0 aliphatic carbocycles. The fourth-order valence-electron chi connectivity index (χ4n) is 2.70. The SMILES string of the molecule is CCN(CC)[PH](N(C)C)(N(C)C)N(C)C. The maximum absolute atomic E-state index is 2.58. The molecule has 0 bridgehead atoms. The van der Waals surface area contributed by atoms with Gasteiger partial charge in [-0.25, -0.2) is 0 Å². The van der Waals surface area contributed by atoms with Gasteiger partial charge in [-0.05, 0) is 0 Å². The van der Waals surface area contributed by atoms with Crippen molar-refractivity contribution in [1.29, 1.82) is 0 Å². The third-order valence-electron chi connectivity index (χ3n) is 2.99. The Balaban J connectivity index is 5.29. The number of hydrogen-bond donors (Lipinski definition) is 0. The standard InChI is InChI=1S/C10H29N4P/c1-9-14(10-2)15(11(3)4,12(5)6)13(7)8/h15H,9-10H2,1-8H3. The molecule has 0 radical (unpaired) electrons. The Morgan fingerprint density at radius 1 is 0.667 bits per heavy atom. The van der Waals surface area contributed by atoms with Gasteiger partial charge in [-0.15, -0.1) is 0 Å². The van der Waals surface area contributed by atoms with Crippen LogP contribution in [0.3, 0.4) is 0 Å². The Kier molecular flexibility index (Phi) is 6.23. The molecule has 0 amide bonds. The quantitative estimate of drug-likeness (QED) is 0.647. The van der Waals surface area contributed by atoms with Crippen molar-refractivity contribution in [2.45, 2.75) is 13.8 Å². The van der Waals surface area contributed by atoms with E-state index in [9.17, 15) is 0 Å². The second-order valence-electron chi connectivity index (χ2n) is 4.46. The van der Waals surface area contributed by atoms with Crippen LogP contribution in [0.25, 0.3) is 0 Å². The van der Waals surface area contributed by atoms with E-state index in [-0.39, 0.29) is 0 Å². The van der Waals surface area contributed by atoms with Gasteiger partial charge in [0.1, 0.15) is 0 Å². The minimum absolute atomic E-state index is 1.09. The van der Waals surface area contributed by atoms with Crippen LogP contribution in [0.4, 0.5) is 0 Å².